The molecule has 2 aliphatic carbocycles. The van der Waals surface area contributed by atoms with Gasteiger partial charge in [0.25, 0.3) is 5.54 Å². The number of nitrogens with zero attached hydrogens (tertiary/aromatic N) is 3. The van der Waals surface area contributed by atoms with E-state index in [9.17, 15) is 20.0 Å². The van der Waals surface area contributed by atoms with Crippen molar-refractivity contribution in [1.82, 2.24) is 4.58 Å². The average molecular weight is 517 g/mol. The maximum Gasteiger partial charge on any atom is 0.336 e. The van der Waals surface area contributed by atoms with Crippen LogP contribution in [0.25, 0.3) is 27.9 Å². The zero-order valence-electron chi connectivity index (χ0n) is 22.5. The number of rotatable bonds is 8. The van der Waals surface area contributed by atoms with Crippen molar-refractivity contribution in [3.8, 4) is 11.3 Å². The van der Waals surface area contributed by atoms with E-state index in [4.69, 9.17) is 4.42 Å². The molecule has 1 aromatic rings. The van der Waals surface area contributed by atoms with Gasteiger partial charge in [-0.05, 0) is 57.5 Å². The topological polar surface area (TPSA) is 99.8 Å². The highest BCUT2D eigenvalue weighted by atomic mass is 16.6. The predicted molar refractivity (Wildman–Crippen MR) is 151 cm³/mol. The zero-order valence-corrected chi connectivity index (χ0v) is 22.5. The van der Waals surface area contributed by atoms with E-state index in [1.807, 2.05) is 36.4 Å². The molecule has 0 spiro atoms. The van der Waals surface area contributed by atoms with Gasteiger partial charge in [-0.1, -0.05) is 12.2 Å². The summed E-state index contributed by atoms with van der Waals surface area (Å²) in [5.74, 6) is -0.612. The summed E-state index contributed by atoms with van der Waals surface area (Å²) in [6.07, 6.45) is 5.86. The van der Waals surface area contributed by atoms with Crippen LogP contribution in [0.3, 0.4) is 0 Å². The van der Waals surface area contributed by atoms with Gasteiger partial charge in [0.2, 0.25) is 5.36 Å². The monoisotopic (exact) mass is 516 g/mol. The Kier molecular flexibility index (Phi) is 7.53. The smallest absolute Gasteiger partial charge is 0.336 e. The van der Waals surface area contributed by atoms with E-state index < -0.39 is 16.4 Å². The minimum atomic E-state index is -1.65. The fraction of sp³-hybridized carbons (Fsp3) is 0.333. The molecule has 1 unspecified atom stereocenters. The Balaban J connectivity index is 2.13. The first kappa shape index (κ1) is 26.9. The van der Waals surface area contributed by atoms with E-state index in [2.05, 4.69) is 37.2 Å². The SMILES string of the molecule is CCN(CC)c1ccc2c(C3=CC=CC(C)([N+](=O)[O-])C=C3C(=O)O)c3ccc(=[N+](CC)CC)cc-3oc2c1. The van der Waals surface area contributed by atoms with E-state index in [1.165, 1.54) is 19.1 Å². The van der Waals surface area contributed by atoms with Crippen molar-refractivity contribution < 1.29 is 19.2 Å². The van der Waals surface area contributed by atoms with Gasteiger partial charge in [0.15, 0.2) is 0 Å². The molecule has 0 bridgehead atoms. The Labute approximate surface area is 222 Å². The molecule has 1 heterocycles. The number of carboxylic acids is 1. The number of carbonyl (C=O) groups is 1. The van der Waals surface area contributed by atoms with Gasteiger partial charge in [-0.2, -0.15) is 0 Å². The third-order valence-electron chi connectivity index (χ3n) is 7.26. The molecule has 0 aromatic heterocycles. The average Bonchev–Trinajstić information content (AvgIpc) is 3.08. The van der Waals surface area contributed by atoms with Crippen LogP contribution < -0.4 is 14.8 Å². The van der Waals surface area contributed by atoms with Gasteiger partial charge >= 0.3 is 5.97 Å². The number of carboxylic acid groups (broad SMARTS) is 1. The molecule has 1 atom stereocenters. The number of nitro groups is 1. The van der Waals surface area contributed by atoms with Crippen molar-refractivity contribution in [2.45, 2.75) is 40.2 Å². The molecular weight excluding hydrogens is 482 g/mol. The summed E-state index contributed by atoms with van der Waals surface area (Å²) in [6.45, 7) is 13.1. The predicted octanol–water partition coefficient (Wildman–Crippen LogP) is 5.20. The van der Waals surface area contributed by atoms with Gasteiger partial charge < -0.3 is 14.4 Å². The zero-order chi connectivity index (χ0) is 27.6. The second-order valence-corrected chi connectivity index (χ2v) is 9.47. The number of aliphatic carboxylic acids is 1. The maximum atomic E-state index is 12.5. The van der Waals surface area contributed by atoms with E-state index >= 15 is 0 Å². The lowest BCUT2D eigenvalue weighted by molar-refractivity contribution is -0.535. The summed E-state index contributed by atoms with van der Waals surface area (Å²) in [5.41, 5.74) is 1.65. The van der Waals surface area contributed by atoms with E-state index in [0.717, 1.165) is 48.2 Å². The molecule has 0 radical (unpaired) electrons. The normalized spacial score (nSPS) is 17.2. The number of benzene rings is 2. The molecule has 4 rings (SSSR count). The highest BCUT2D eigenvalue weighted by molar-refractivity contribution is 6.12. The summed E-state index contributed by atoms with van der Waals surface area (Å²) in [5, 5.41) is 23.8. The summed E-state index contributed by atoms with van der Waals surface area (Å²) in [7, 11) is 0. The van der Waals surface area contributed by atoms with Gasteiger partial charge in [-0.25, -0.2) is 9.37 Å². The maximum absolute atomic E-state index is 12.5. The molecule has 0 amide bonds. The fourth-order valence-corrected chi connectivity index (χ4v) is 5.08. The molecule has 3 aliphatic rings. The van der Waals surface area contributed by atoms with Gasteiger partial charge in [-0.15, -0.1) is 0 Å². The lowest BCUT2D eigenvalue weighted by Crippen LogP contribution is -2.30. The molecule has 8 heteroatoms. The first-order chi connectivity index (χ1) is 18.2. The molecule has 1 N–H and O–H groups in total. The summed E-state index contributed by atoms with van der Waals surface area (Å²) >= 11 is 0. The van der Waals surface area contributed by atoms with E-state index in [0.29, 0.717) is 22.5 Å². The van der Waals surface area contributed by atoms with E-state index in [1.54, 1.807) is 12.2 Å². The standard InChI is InChI=1S/C30H33N3O5/c1-6-31(7-2)20-12-14-23-26(17-20)38-27-18-21(32(8-3)9-4)13-15-24(27)28(23)22-11-10-16-30(5,33(36)37)19-25(22)29(34)35/h10-19H,6-9H2,1-5H3/p+1. The quantitative estimate of drug-likeness (QED) is 0.191. The minimum Gasteiger partial charge on any atom is -0.478 e. The molecule has 1 aromatic carbocycles. The van der Waals surface area contributed by atoms with Crippen LogP contribution in [0.5, 0.6) is 0 Å². The molecule has 198 valence electrons. The summed E-state index contributed by atoms with van der Waals surface area (Å²) in [6, 6.07) is 11.9. The Morgan fingerprint density at radius 1 is 1.08 bits per heavy atom. The third-order valence-corrected chi connectivity index (χ3v) is 7.26. The number of hydrogen-bond acceptors (Lipinski definition) is 5. The number of hydrogen-bond donors (Lipinski definition) is 1. The Morgan fingerprint density at radius 3 is 2.39 bits per heavy atom. The van der Waals surface area contributed by atoms with Crippen molar-refractivity contribution in [3.63, 3.8) is 0 Å². The number of fused-ring (bicyclic) bond motifs is 2. The van der Waals surface area contributed by atoms with Crippen LogP contribution in [-0.4, -0.2) is 47.7 Å². The van der Waals surface area contributed by atoms with Crippen LogP contribution in [-0.2, 0) is 4.79 Å². The second kappa shape index (κ2) is 10.7. The van der Waals surface area contributed by atoms with Crippen molar-refractivity contribution in [2.75, 3.05) is 31.1 Å². The largest absolute Gasteiger partial charge is 0.478 e. The highest BCUT2D eigenvalue weighted by Crippen LogP contribution is 2.42. The van der Waals surface area contributed by atoms with Gasteiger partial charge in [0.1, 0.15) is 24.4 Å². The second-order valence-electron chi connectivity index (χ2n) is 9.47. The molecule has 38 heavy (non-hydrogen) atoms. The molecule has 0 fully saturated rings. The van der Waals surface area contributed by atoms with Crippen LogP contribution >= 0.6 is 0 Å². The van der Waals surface area contributed by atoms with Crippen molar-refractivity contribution in [1.29, 1.82) is 0 Å². The van der Waals surface area contributed by atoms with Crippen molar-refractivity contribution in [3.05, 3.63) is 87.3 Å². The van der Waals surface area contributed by atoms with Gasteiger partial charge in [-0.3, -0.25) is 10.1 Å². The first-order valence-electron chi connectivity index (χ1n) is 13.0. The van der Waals surface area contributed by atoms with Crippen molar-refractivity contribution in [2.24, 2.45) is 0 Å². The van der Waals surface area contributed by atoms with Crippen LogP contribution in [0.15, 0.2) is 70.7 Å². The number of allylic oxidation sites excluding steroid dienone is 2. The third kappa shape index (κ3) is 4.74. The Bertz CT molecular complexity index is 1540. The highest BCUT2D eigenvalue weighted by Gasteiger charge is 2.36. The molecule has 1 aliphatic heterocycles. The van der Waals surface area contributed by atoms with Gasteiger partial charge in [0.05, 0.1) is 11.6 Å². The summed E-state index contributed by atoms with van der Waals surface area (Å²) in [4.78, 5) is 26.1. The lowest BCUT2D eigenvalue weighted by Gasteiger charge is -2.23. The van der Waals surface area contributed by atoms with Crippen LogP contribution in [0.1, 0.15) is 40.2 Å². The van der Waals surface area contributed by atoms with E-state index in [-0.39, 0.29) is 5.57 Å². The first-order valence-corrected chi connectivity index (χ1v) is 13.0. The minimum absolute atomic E-state index is 0.122. The fourth-order valence-electron chi connectivity index (χ4n) is 5.08. The van der Waals surface area contributed by atoms with Crippen LogP contribution in [0, 0.1) is 10.1 Å². The summed E-state index contributed by atoms with van der Waals surface area (Å²) < 4.78 is 8.68. The molecule has 0 saturated carbocycles. The van der Waals surface area contributed by atoms with Crippen LogP contribution in [0.4, 0.5) is 5.69 Å². The molecule has 0 saturated heterocycles. The van der Waals surface area contributed by atoms with Gasteiger partial charge in [0, 0.05) is 65.3 Å². The van der Waals surface area contributed by atoms with Crippen LogP contribution in [0.2, 0.25) is 0 Å². The van der Waals surface area contributed by atoms with Crippen molar-refractivity contribution >= 4 is 28.2 Å². The number of anilines is 1. The molecule has 8 nitrogen and oxygen atoms in total. The molecular formula is C30H34N3O5+. The Morgan fingerprint density at radius 2 is 1.79 bits per heavy atom. The Hall–Kier alpha value is -4.20. The lowest BCUT2D eigenvalue weighted by atomic mass is 9.88.